The molecule has 0 aliphatic rings. The Labute approximate surface area is 74.0 Å². The quantitative estimate of drug-likeness (QED) is 0.666. The molecule has 0 radical (unpaired) electrons. The number of hydrogen-bond acceptors (Lipinski definition) is 1. The molecule has 1 aromatic carbocycles. The van der Waals surface area contributed by atoms with Crippen molar-refractivity contribution in [2.24, 2.45) is 0 Å². The van der Waals surface area contributed by atoms with E-state index < -0.39 is 0 Å². The average Bonchev–Trinajstić information content (AvgIpc) is 1.90. The molecule has 0 bridgehead atoms. The second kappa shape index (κ2) is 4.47. The second-order valence-electron chi connectivity index (χ2n) is 1.64. The third-order valence-corrected chi connectivity index (χ3v) is 1.46. The average molecular weight is 221 g/mol. The minimum atomic E-state index is -0.0666. The van der Waals surface area contributed by atoms with Gasteiger partial charge in [0.25, 0.3) is 0 Å². The van der Waals surface area contributed by atoms with Crippen molar-refractivity contribution in [3.8, 4) is 0 Å². The third-order valence-electron chi connectivity index (χ3n) is 1.00. The largest absolute Gasteiger partial charge is 0.281 e. The van der Waals surface area contributed by atoms with Gasteiger partial charge in [0.2, 0.25) is 4.69 Å². The maximum absolute atomic E-state index is 10.6. The van der Waals surface area contributed by atoms with Crippen LogP contribution in [0, 0.1) is 0 Å². The van der Waals surface area contributed by atoms with Gasteiger partial charge in [-0.1, -0.05) is 30.3 Å². The van der Waals surface area contributed by atoms with Crippen molar-refractivity contribution in [3.05, 3.63) is 35.9 Å². The molecule has 0 fully saturated rings. The number of hydrogen-bond donors (Lipinski definition) is 0. The summed E-state index contributed by atoms with van der Waals surface area (Å²) in [5.41, 5.74) is 0.692. The Hall–Kier alpha value is -0.340. The lowest BCUT2D eigenvalue weighted by Crippen LogP contribution is -1.83. The zero-order valence-electron chi connectivity index (χ0n) is 5.08. The molecule has 0 aliphatic carbocycles. The van der Waals surface area contributed by atoms with Crippen molar-refractivity contribution in [3.63, 3.8) is 0 Å². The monoisotopic (exact) mass is 220 g/mol. The first-order valence-electron chi connectivity index (χ1n) is 2.55. The van der Waals surface area contributed by atoms with Crippen molar-refractivity contribution in [2.45, 2.75) is 0 Å². The Kier molecular flexibility index (Phi) is 4.32. The molecule has 0 heterocycles. The Morgan fingerprint density at radius 2 is 1.70 bits per heavy atom. The summed E-state index contributed by atoms with van der Waals surface area (Å²) >= 11 is 2.84. The summed E-state index contributed by atoms with van der Waals surface area (Å²) < 4.78 is -0.0666. The third kappa shape index (κ3) is 2.50. The van der Waals surface area contributed by atoms with Crippen molar-refractivity contribution >= 4 is 33.0 Å². The molecule has 54 valence electrons. The van der Waals surface area contributed by atoms with Crippen LogP contribution in [0.3, 0.4) is 0 Å². The Morgan fingerprint density at radius 1 is 1.20 bits per heavy atom. The van der Waals surface area contributed by atoms with E-state index >= 15 is 0 Å². The smallest absolute Gasteiger partial charge is 0.228 e. The lowest BCUT2D eigenvalue weighted by atomic mass is 10.2. The van der Waals surface area contributed by atoms with Gasteiger partial charge in [0.1, 0.15) is 0 Å². The molecule has 10 heavy (non-hydrogen) atoms. The zero-order chi connectivity index (χ0) is 6.69. The fourth-order valence-corrected chi connectivity index (χ4v) is 0.834. The number of halogens is 2. The molecule has 0 saturated carbocycles. The molecule has 0 unspecified atom stereocenters. The van der Waals surface area contributed by atoms with E-state index in [9.17, 15) is 4.79 Å². The van der Waals surface area contributed by atoms with Crippen LogP contribution in [0.5, 0.6) is 0 Å². The van der Waals surface area contributed by atoms with Gasteiger partial charge < -0.3 is 0 Å². The number of carbonyl (C=O) groups excluding carboxylic acids is 1. The van der Waals surface area contributed by atoms with E-state index in [1.54, 1.807) is 12.1 Å². The molecule has 0 spiro atoms. The highest BCUT2D eigenvalue weighted by Gasteiger charge is 1.95. The van der Waals surface area contributed by atoms with Gasteiger partial charge in [0.05, 0.1) is 0 Å². The van der Waals surface area contributed by atoms with E-state index in [1.807, 2.05) is 18.2 Å². The summed E-state index contributed by atoms with van der Waals surface area (Å²) in [6.07, 6.45) is 0. The first-order chi connectivity index (χ1) is 4.30. The summed E-state index contributed by atoms with van der Waals surface area (Å²) in [6.45, 7) is 0. The first kappa shape index (κ1) is 9.66. The normalized spacial score (nSPS) is 8.10. The van der Waals surface area contributed by atoms with Crippen LogP contribution >= 0.6 is 28.3 Å². The van der Waals surface area contributed by atoms with Crippen molar-refractivity contribution in [1.82, 2.24) is 0 Å². The van der Waals surface area contributed by atoms with E-state index in [0.717, 1.165) is 0 Å². The predicted molar refractivity (Wildman–Crippen MR) is 46.9 cm³/mol. The maximum atomic E-state index is 10.6. The summed E-state index contributed by atoms with van der Waals surface area (Å²) in [5.74, 6) is 0. The maximum Gasteiger partial charge on any atom is 0.228 e. The van der Waals surface area contributed by atoms with Gasteiger partial charge in [-0.25, -0.2) is 0 Å². The molecule has 0 atom stereocenters. The van der Waals surface area contributed by atoms with Crippen LogP contribution in [0.4, 0.5) is 0 Å². The molecule has 1 aromatic rings. The van der Waals surface area contributed by atoms with Crippen molar-refractivity contribution in [1.29, 1.82) is 0 Å². The van der Waals surface area contributed by atoms with E-state index in [0.29, 0.717) is 5.56 Å². The van der Waals surface area contributed by atoms with Crippen LogP contribution in [-0.2, 0) is 0 Å². The molecule has 0 amide bonds. The van der Waals surface area contributed by atoms with Gasteiger partial charge in [-0.05, 0) is 15.9 Å². The molecule has 1 rings (SSSR count). The summed E-state index contributed by atoms with van der Waals surface area (Å²) in [5, 5.41) is 0. The highest BCUT2D eigenvalue weighted by atomic mass is 79.9. The van der Waals surface area contributed by atoms with E-state index in [2.05, 4.69) is 15.9 Å². The van der Waals surface area contributed by atoms with Crippen LogP contribution in [0.2, 0.25) is 0 Å². The summed E-state index contributed by atoms with van der Waals surface area (Å²) in [4.78, 5) is 10.6. The zero-order valence-corrected chi connectivity index (χ0v) is 7.48. The molecular weight excluding hydrogens is 215 g/mol. The molecule has 3 heteroatoms. The fourth-order valence-electron chi connectivity index (χ4n) is 0.569. The van der Waals surface area contributed by atoms with Crippen LogP contribution in [0.15, 0.2) is 30.3 Å². The lowest BCUT2D eigenvalue weighted by molar-refractivity contribution is 0.109. The standard InChI is InChI=1S/C7H5BrO.ClH/c8-7(9)6-4-2-1-3-5-6;/h1-5H;1H. The Balaban J connectivity index is 0.000000810. The molecule has 1 nitrogen and oxygen atoms in total. The van der Waals surface area contributed by atoms with Crippen LogP contribution in [0.25, 0.3) is 0 Å². The molecule has 0 N–H and O–H groups in total. The second-order valence-corrected chi connectivity index (χ2v) is 2.36. The van der Waals surface area contributed by atoms with Crippen molar-refractivity contribution < 1.29 is 4.79 Å². The van der Waals surface area contributed by atoms with E-state index in [1.165, 1.54) is 0 Å². The predicted octanol–water partition coefficient (Wildman–Crippen LogP) is 2.64. The molecular formula is C7H6BrClO. The summed E-state index contributed by atoms with van der Waals surface area (Å²) in [6, 6.07) is 9.05. The lowest BCUT2D eigenvalue weighted by Gasteiger charge is -1.87. The minimum absolute atomic E-state index is 0. The van der Waals surface area contributed by atoms with Gasteiger partial charge in [-0.3, -0.25) is 4.79 Å². The highest BCUT2D eigenvalue weighted by molar-refractivity contribution is 9.18. The molecule has 0 aromatic heterocycles. The summed E-state index contributed by atoms with van der Waals surface area (Å²) in [7, 11) is 0. The number of carbonyl (C=O) groups is 1. The van der Waals surface area contributed by atoms with Crippen LogP contribution in [0.1, 0.15) is 10.4 Å². The van der Waals surface area contributed by atoms with Gasteiger partial charge in [-0.15, -0.1) is 12.4 Å². The van der Waals surface area contributed by atoms with E-state index in [-0.39, 0.29) is 17.1 Å². The molecule has 0 saturated heterocycles. The van der Waals surface area contributed by atoms with Crippen LogP contribution in [-0.4, -0.2) is 4.69 Å². The molecule has 0 aliphatic heterocycles. The Bertz CT molecular complexity index is 210. The van der Waals surface area contributed by atoms with E-state index in [4.69, 9.17) is 0 Å². The van der Waals surface area contributed by atoms with Gasteiger partial charge in [0.15, 0.2) is 0 Å². The highest BCUT2D eigenvalue weighted by Crippen LogP contribution is 2.03. The van der Waals surface area contributed by atoms with Crippen molar-refractivity contribution in [2.75, 3.05) is 0 Å². The number of rotatable bonds is 1. The fraction of sp³-hybridized carbons (Fsp3) is 0. The van der Waals surface area contributed by atoms with Gasteiger partial charge in [-0.2, -0.15) is 0 Å². The number of benzene rings is 1. The SMILES string of the molecule is Cl.O=C(Br)c1ccccc1. The van der Waals surface area contributed by atoms with Gasteiger partial charge >= 0.3 is 0 Å². The Morgan fingerprint density at radius 3 is 2.00 bits per heavy atom. The topological polar surface area (TPSA) is 17.1 Å². The van der Waals surface area contributed by atoms with Crippen LogP contribution < -0.4 is 0 Å². The van der Waals surface area contributed by atoms with Gasteiger partial charge in [0, 0.05) is 5.56 Å². The minimum Gasteiger partial charge on any atom is -0.281 e. The first-order valence-corrected chi connectivity index (χ1v) is 3.35.